The van der Waals surface area contributed by atoms with Crippen LogP contribution in [0.4, 0.5) is 28.8 Å². The Morgan fingerprint density at radius 1 is 0.788 bits per heavy atom. The number of benzene rings is 3. The molecular formula is C26H28ClN5O. The predicted molar refractivity (Wildman–Crippen MR) is 139 cm³/mol. The summed E-state index contributed by atoms with van der Waals surface area (Å²) >= 11 is 0. The summed E-state index contributed by atoms with van der Waals surface area (Å²) in [5, 5.41) is 7.75. The van der Waals surface area contributed by atoms with E-state index in [1.165, 1.54) is 24.9 Å². The normalized spacial score (nSPS) is 13.3. The molecule has 6 nitrogen and oxygen atoms in total. The third-order valence-corrected chi connectivity index (χ3v) is 5.78. The highest BCUT2D eigenvalue weighted by Crippen LogP contribution is 2.28. The number of piperidine rings is 1. The van der Waals surface area contributed by atoms with Gasteiger partial charge in [-0.05, 0) is 67.8 Å². The molecule has 4 aromatic rings. The lowest BCUT2D eigenvalue weighted by Crippen LogP contribution is -2.29. The first-order valence-electron chi connectivity index (χ1n) is 11.1. The summed E-state index contributed by atoms with van der Waals surface area (Å²) in [4.78, 5) is 12.0. The molecule has 0 aliphatic carbocycles. The van der Waals surface area contributed by atoms with Gasteiger partial charge in [0, 0.05) is 41.6 Å². The zero-order chi connectivity index (χ0) is 21.8. The van der Waals surface area contributed by atoms with E-state index in [0.717, 1.165) is 46.9 Å². The van der Waals surface area contributed by atoms with Gasteiger partial charge in [-0.15, -0.1) is 12.4 Å². The van der Waals surface area contributed by atoms with Crippen LogP contribution < -0.4 is 20.3 Å². The highest BCUT2D eigenvalue weighted by Gasteiger charge is 2.12. The maximum Gasteiger partial charge on any atom is 0.229 e. The average Bonchev–Trinajstić information content (AvgIpc) is 2.85. The molecule has 0 radical (unpaired) electrons. The lowest BCUT2D eigenvalue weighted by molar-refractivity contribution is 0.415. The standard InChI is InChI=1S/C26H27N5O.ClH/c1-32-22-9-7-8-20(18-22)27-25-23-10-3-4-11-24(23)29-26(30-25)28-19-12-14-21(15-13-19)31-16-5-2-6-17-31;/h3-4,7-15,18H,2,5-6,16-17H2,1H3,(H2,27,28,29,30);1H. The first kappa shape index (κ1) is 22.7. The molecule has 1 aromatic heterocycles. The van der Waals surface area contributed by atoms with Crippen molar-refractivity contribution in [2.75, 3.05) is 35.7 Å². The zero-order valence-corrected chi connectivity index (χ0v) is 19.4. The van der Waals surface area contributed by atoms with Crippen LogP contribution in [0.25, 0.3) is 10.9 Å². The van der Waals surface area contributed by atoms with Crippen LogP contribution in [-0.2, 0) is 0 Å². The smallest absolute Gasteiger partial charge is 0.229 e. The van der Waals surface area contributed by atoms with Gasteiger partial charge in [-0.2, -0.15) is 4.98 Å². The summed E-state index contributed by atoms with van der Waals surface area (Å²) in [5.41, 5.74) is 4.02. The summed E-state index contributed by atoms with van der Waals surface area (Å²) in [6.45, 7) is 2.28. The molecular weight excluding hydrogens is 434 g/mol. The molecule has 1 fully saturated rings. The van der Waals surface area contributed by atoms with E-state index in [0.29, 0.717) is 5.95 Å². The molecule has 0 unspecified atom stereocenters. The number of para-hydroxylation sites is 1. The number of nitrogens with zero attached hydrogens (tertiary/aromatic N) is 3. The number of ether oxygens (including phenoxy) is 1. The number of aromatic nitrogens is 2. The summed E-state index contributed by atoms with van der Waals surface area (Å²) in [7, 11) is 1.66. The molecule has 2 N–H and O–H groups in total. The Morgan fingerprint density at radius 2 is 1.58 bits per heavy atom. The van der Waals surface area contributed by atoms with Crippen molar-refractivity contribution in [3.63, 3.8) is 0 Å². The minimum absolute atomic E-state index is 0. The van der Waals surface area contributed by atoms with Crippen molar-refractivity contribution in [2.24, 2.45) is 0 Å². The molecule has 1 aliphatic rings. The number of fused-ring (bicyclic) bond motifs is 1. The molecule has 0 atom stereocenters. The van der Waals surface area contributed by atoms with Crippen molar-refractivity contribution in [2.45, 2.75) is 19.3 Å². The number of methoxy groups -OCH3 is 1. The molecule has 0 saturated carbocycles. The van der Waals surface area contributed by atoms with Gasteiger partial charge in [0.25, 0.3) is 0 Å². The first-order valence-corrected chi connectivity index (χ1v) is 11.1. The van der Waals surface area contributed by atoms with E-state index in [1.54, 1.807) is 7.11 Å². The van der Waals surface area contributed by atoms with Gasteiger partial charge in [0.05, 0.1) is 12.6 Å². The van der Waals surface area contributed by atoms with Crippen LogP contribution in [0.15, 0.2) is 72.8 Å². The Labute approximate surface area is 200 Å². The molecule has 1 saturated heterocycles. The van der Waals surface area contributed by atoms with E-state index < -0.39 is 0 Å². The fourth-order valence-corrected chi connectivity index (χ4v) is 4.10. The molecule has 0 spiro atoms. The van der Waals surface area contributed by atoms with Gasteiger partial charge in [-0.25, -0.2) is 4.98 Å². The van der Waals surface area contributed by atoms with Gasteiger partial charge in [-0.1, -0.05) is 18.2 Å². The van der Waals surface area contributed by atoms with Gasteiger partial charge in [0.2, 0.25) is 5.95 Å². The van der Waals surface area contributed by atoms with Crippen molar-refractivity contribution in [3.05, 3.63) is 72.8 Å². The second kappa shape index (κ2) is 10.4. The summed E-state index contributed by atoms with van der Waals surface area (Å²) in [5.74, 6) is 2.09. The van der Waals surface area contributed by atoms with E-state index in [1.807, 2.05) is 48.5 Å². The minimum Gasteiger partial charge on any atom is -0.497 e. The van der Waals surface area contributed by atoms with Gasteiger partial charge in [0.1, 0.15) is 11.6 Å². The first-order chi connectivity index (χ1) is 15.8. The number of hydrogen-bond acceptors (Lipinski definition) is 6. The van der Waals surface area contributed by atoms with Crippen molar-refractivity contribution in [1.29, 1.82) is 0 Å². The highest BCUT2D eigenvalue weighted by atomic mass is 35.5. The molecule has 3 aromatic carbocycles. The summed E-state index contributed by atoms with van der Waals surface area (Å²) < 4.78 is 5.35. The Hall–Kier alpha value is -3.51. The topological polar surface area (TPSA) is 62.3 Å². The van der Waals surface area contributed by atoms with Crippen LogP contribution >= 0.6 is 12.4 Å². The fraction of sp³-hybridized carbons (Fsp3) is 0.231. The molecule has 0 amide bonds. The Kier molecular flexibility index (Phi) is 7.15. The fourth-order valence-electron chi connectivity index (χ4n) is 4.10. The number of nitrogens with one attached hydrogen (secondary N) is 2. The van der Waals surface area contributed by atoms with Crippen molar-refractivity contribution >= 4 is 52.1 Å². The van der Waals surface area contributed by atoms with E-state index in [4.69, 9.17) is 14.7 Å². The van der Waals surface area contributed by atoms with E-state index in [9.17, 15) is 0 Å². The molecule has 1 aliphatic heterocycles. The average molecular weight is 462 g/mol. The number of halogens is 1. The second-order valence-corrected chi connectivity index (χ2v) is 7.99. The SMILES string of the molecule is COc1cccc(Nc2nc(Nc3ccc(N4CCCCC4)cc3)nc3ccccc23)c1.Cl. The number of anilines is 5. The molecule has 5 rings (SSSR count). The quantitative estimate of drug-likeness (QED) is 0.340. The number of hydrogen-bond donors (Lipinski definition) is 2. The monoisotopic (exact) mass is 461 g/mol. The Morgan fingerprint density at radius 3 is 2.36 bits per heavy atom. The molecule has 33 heavy (non-hydrogen) atoms. The van der Waals surface area contributed by atoms with Gasteiger partial charge >= 0.3 is 0 Å². The van der Waals surface area contributed by atoms with Gasteiger partial charge in [-0.3, -0.25) is 0 Å². The molecule has 7 heteroatoms. The van der Waals surface area contributed by atoms with Crippen LogP contribution in [0.2, 0.25) is 0 Å². The van der Waals surface area contributed by atoms with Crippen LogP contribution in [0.1, 0.15) is 19.3 Å². The van der Waals surface area contributed by atoms with Crippen molar-refractivity contribution in [3.8, 4) is 5.75 Å². The molecule has 2 heterocycles. The maximum absolute atomic E-state index is 5.35. The van der Waals surface area contributed by atoms with Crippen LogP contribution in [0.5, 0.6) is 5.75 Å². The Bertz CT molecular complexity index is 1210. The third-order valence-electron chi connectivity index (χ3n) is 5.78. The summed E-state index contributed by atoms with van der Waals surface area (Å²) in [6.07, 6.45) is 3.88. The van der Waals surface area contributed by atoms with Gasteiger partial charge < -0.3 is 20.3 Å². The van der Waals surface area contributed by atoms with E-state index >= 15 is 0 Å². The summed E-state index contributed by atoms with van der Waals surface area (Å²) in [6, 6.07) is 24.3. The van der Waals surface area contributed by atoms with E-state index in [2.05, 4.69) is 39.8 Å². The largest absolute Gasteiger partial charge is 0.497 e. The van der Waals surface area contributed by atoms with Crippen LogP contribution in [0.3, 0.4) is 0 Å². The van der Waals surface area contributed by atoms with E-state index in [-0.39, 0.29) is 12.4 Å². The number of rotatable bonds is 6. The lowest BCUT2D eigenvalue weighted by Gasteiger charge is -2.28. The van der Waals surface area contributed by atoms with Crippen molar-refractivity contribution in [1.82, 2.24) is 9.97 Å². The van der Waals surface area contributed by atoms with Crippen LogP contribution in [0, 0.1) is 0 Å². The molecule has 170 valence electrons. The molecule has 0 bridgehead atoms. The van der Waals surface area contributed by atoms with Crippen LogP contribution in [-0.4, -0.2) is 30.2 Å². The van der Waals surface area contributed by atoms with Crippen molar-refractivity contribution < 1.29 is 4.74 Å². The maximum atomic E-state index is 5.35. The third kappa shape index (κ3) is 5.29. The second-order valence-electron chi connectivity index (χ2n) is 7.99. The minimum atomic E-state index is 0. The van der Waals surface area contributed by atoms with Gasteiger partial charge in [0.15, 0.2) is 0 Å². The highest BCUT2D eigenvalue weighted by molar-refractivity contribution is 5.92. The predicted octanol–water partition coefficient (Wildman–Crippen LogP) is 6.54. The lowest BCUT2D eigenvalue weighted by atomic mass is 10.1. The zero-order valence-electron chi connectivity index (χ0n) is 18.6. The Balaban J connectivity index is 0.00000259.